The van der Waals surface area contributed by atoms with Gasteiger partial charge in [0, 0.05) is 41.7 Å². The number of halogens is 1. The number of benzene rings is 1. The summed E-state index contributed by atoms with van der Waals surface area (Å²) in [5.74, 6) is 0.859. The Kier molecular flexibility index (Phi) is 5.32. The Morgan fingerprint density at radius 2 is 2.06 bits per heavy atom. The van der Waals surface area contributed by atoms with Crippen LogP contribution in [-0.2, 0) is 4.79 Å². The number of aromatic nitrogens is 4. The average Bonchev–Trinajstić information content (AvgIpc) is 3.31. The first-order valence-electron chi connectivity index (χ1n) is 11.1. The number of carbonyl (C=O) groups is 1. The molecule has 0 saturated carbocycles. The molecule has 4 heterocycles. The molecule has 1 aromatic carbocycles. The molecule has 0 spiro atoms. The number of primary amides is 1. The zero-order chi connectivity index (χ0) is 23.1. The van der Waals surface area contributed by atoms with E-state index >= 15 is 0 Å². The Labute approximate surface area is 190 Å². The lowest BCUT2D eigenvalue weighted by molar-refractivity contribution is -0.122. The maximum absolute atomic E-state index is 14.3. The summed E-state index contributed by atoms with van der Waals surface area (Å²) < 4.78 is 16.1. The number of rotatable bonds is 5. The zero-order valence-corrected chi connectivity index (χ0v) is 18.6. The number of amides is 1. The molecule has 0 aliphatic carbocycles. The maximum atomic E-state index is 14.3. The Balaban J connectivity index is 1.56. The predicted molar refractivity (Wildman–Crippen MR) is 126 cm³/mol. The standard InChI is InChI=1S/C24H26FN7O/c1-14-19(25)6-5-17-12-18(15(2)29-23-20-4-3-9-32(20)28-13-27-23)24(30-21(14)17)31-10-7-16(8-11-31)22(26)33/h3-6,9,12-13,15-16H,7-8,10-11H2,1-2H3,(H2,26,33)(H,27,28,29)/t15-/m0/s1. The number of fused-ring (bicyclic) bond motifs is 2. The van der Waals surface area contributed by atoms with Crippen LogP contribution in [0.2, 0.25) is 0 Å². The number of nitrogens with two attached hydrogens (primary N) is 1. The lowest BCUT2D eigenvalue weighted by atomic mass is 9.95. The van der Waals surface area contributed by atoms with E-state index in [-0.39, 0.29) is 23.7 Å². The van der Waals surface area contributed by atoms with E-state index in [1.165, 1.54) is 12.4 Å². The van der Waals surface area contributed by atoms with Gasteiger partial charge in [-0.3, -0.25) is 4.79 Å². The van der Waals surface area contributed by atoms with Gasteiger partial charge < -0.3 is 16.0 Å². The predicted octanol–water partition coefficient (Wildman–Crippen LogP) is 3.60. The van der Waals surface area contributed by atoms with Crippen LogP contribution in [0.5, 0.6) is 0 Å². The molecule has 1 aliphatic rings. The SMILES string of the molecule is Cc1c(F)ccc2cc([C@H](C)Nc3ncnn4cccc34)c(N3CCC(C(N)=O)CC3)nc12. The van der Waals surface area contributed by atoms with E-state index in [2.05, 4.69) is 33.3 Å². The molecule has 1 amide bonds. The Hall–Kier alpha value is -3.75. The Morgan fingerprint density at radius 3 is 2.82 bits per heavy atom. The third kappa shape index (κ3) is 3.83. The monoisotopic (exact) mass is 447 g/mol. The van der Waals surface area contributed by atoms with Crippen molar-refractivity contribution in [3.63, 3.8) is 0 Å². The molecule has 170 valence electrons. The van der Waals surface area contributed by atoms with Crippen molar-refractivity contribution in [2.24, 2.45) is 11.7 Å². The van der Waals surface area contributed by atoms with Gasteiger partial charge in [-0.2, -0.15) is 5.10 Å². The minimum absolute atomic E-state index is 0.122. The highest BCUT2D eigenvalue weighted by Crippen LogP contribution is 2.34. The van der Waals surface area contributed by atoms with Crippen molar-refractivity contribution in [2.45, 2.75) is 32.7 Å². The number of nitrogens with one attached hydrogen (secondary N) is 1. The van der Waals surface area contributed by atoms with Crippen LogP contribution in [0.3, 0.4) is 0 Å². The lowest BCUT2D eigenvalue weighted by Gasteiger charge is -2.34. The summed E-state index contributed by atoms with van der Waals surface area (Å²) in [6, 6.07) is 9.05. The summed E-state index contributed by atoms with van der Waals surface area (Å²) in [4.78, 5) is 23.2. The van der Waals surface area contributed by atoms with Crippen LogP contribution >= 0.6 is 0 Å². The number of nitrogens with zero attached hydrogens (tertiary/aromatic N) is 5. The molecule has 3 aromatic heterocycles. The van der Waals surface area contributed by atoms with E-state index in [1.807, 2.05) is 18.3 Å². The molecular formula is C24H26FN7O. The number of piperidine rings is 1. The highest BCUT2D eigenvalue weighted by atomic mass is 19.1. The largest absolute Gasteiger partial charge is 0.369 e. The summed E-state index contributed by atoms with van der Waals surface area (Å²) in [7, 11) is 0. The number of pyridine rings is 1. The summed E-state index contributed by atoms with van der Waals surface area (Å²) in [6.45, 7) is 5.13. The van der Waals surface area contributed by atoms with Crippen LogP contribution in [0.25, 0.3) is 16.4 Å². The maximum Gasteiger partial charge on any atom is 0.220 e. The molecule has 5 rings (SSSR count). The molecule has 1 aliphatic heterocycles. The molecular weight excluding hydrogens is 421 g/mol. The van der Waals surface area contributed by atoms with Gasteiger partial charge in [0.15, 0.2) is 5.82 Å². The Morgan fingerprint density at radius 1 is 1.27 bits per heavy atom. The number of aryl methyl sites for hydroxylation is 1. The third-order valence-corrected chi connectivity index (χ3v) is 6.53. The summed E-state index contributed by atoms with van der Waals surface area (Å²) >= 11 is 0. The van der Waals surface area contributed by atoms with Crippen molar-refractivity contribution in [1.29, 1.82) is 0 Å². The van der Waals surface area contributed by atoms with Crippen molar-refractivity contribution < 1.29 is 9.18 Å². The lowest BCUT2D eigenvalue weighted by Crippen LogP contribution is -2.39. The van der Waals surface area contributed by atoms with Gasteiger partial charge in [-0.15, -0.1) is 0 Å². The van der Waals surface area contributed by atoms with Crippen LogP contribution in [0, 0.1) is 18.7 Å². The van der Waals surface area contributed by atoms with Crippen LogP contribution in [0.15, 0.2) is 42.9 Å². The molecule has 1 atom stereocenters. The molecule has 1 saturated heterocycles. The van der Waals surface area contributed by atoms with Gasteiger partial charge >= 0.3 is 0 Å². The fraction of sp³-hybridized carbons (Fsp3) is 0.333. The summed E-state index contributed by atoms with van der Waals surface area (Å²) in [5.41, 5.74) is 8.55. The molecule has 33 heavy (non-hydrogen) atoms. The molecule has 1 fully saturated rings. The first-order chi connectivity index (χ1) is 15.9. The molecule has 9 heteroatoms. The quantitative estimate of drug-likeness (QED) is 0.485. The fourth-order valence-electron chi connectivity index (χ4n) is 4.57. The van der Waals surface area contributed by atoms with Crippen molar-refractivity contribution in [3.05, 3.63) is 59.8 Å². The number of anilines is 2. The molecule has 0 radical (unpaired) electrons. The van der Waals surface area contributed by atoms with E-state index in [0.29, 0.717) is 37.0 Å². The minimum Gasteiger partial charge on any atom is -0.369 e. The molecule has 3 N–H and O–H groups in total. The van der Waals surface area contributed by atoms with Crippen LogP contribution in [0.1, 0.15) is 36.9 Å². The second-order valence-electron chi connectivity index (χ2n) is 8.62. The molecule has 8 nitrogen and oxygen atoms in total. The van der Waals surface area contributed by atoms with Gasteiger partial charge in [0.05, 0.1) is 11.6 Å². The third-order valence-electron chi connectivity index (χ3n) is 6.53. The van der Waals surface area contributed by atoms with E-state index in [0.717, 1.165) is 28.1 Å². The van der Waals surface area contributed by atoms with Crippen molar-refractivity contribution in [2.75, 3.05) is 23.3 Å². The second kappa shape index (κ2) is 8.31. The van der Waals surface area contributed by atoms with E-state index in [4.69, 9.17) is 10.7 Å². The topological polar surface area (TPSA) is 101 Å². The number of hydrogen-bond donors (Lipinski definition) is 2. The van der Waals surface area contributed by atoms with Crippen LogP contribution in [0.4, 0.5) is 16.0 Å². The van der Waals surface area contributed by atoms with E-state index in [9.17, 15) is 9.18 Å². The van der Waals surface area contributed by atoms with Crippen molar-refractivity contribution in [1.82, 2.24) is 19.6 Å². The fourth-order valence-corrected chi connectivity index (χ4v) is 4.57. The first-order valence-corrected chi connectivity index (χ1v) is 11.1. The number of carbonyl (C=O) groups excluding carboxylic acids is 1. The summed E-state index contributed by atoms with van der Waals surface area (Å²) in [5, 5.41) is 8.60. The van der Waals surface area contributed by atoms with E-state index < -0.39 is 0 Å². The minimum atomic E-state index is -0.274. The summed E-state index contributed by atoms with van der Waals surface area (Å²) in [6.07, 6.45) is 4.74. The van der Waals surface area contributed by atoms with Gasteiger partial charge in [0.2, 0.25) is 5.91 Å². The van der Waals surface area contributed by atoms with Gasteiger partial charge in [0.1, 0.15) is 23.5 Å². The van der Waals surface area contributed by atoms with Gasteiger partial charge in [0.25, 0.3) is 0 Å². The van der Waals surface area contributed by atoms with Gasteiger partial charge in [-0.25, -0.2) is 18.9 Å². The van der Waals surface area contributed by atoms with Gasteiger partial charge in [-0.05, 0) is 57.0 Å². The second-order valence-corrected chi connectivity index (χ2v) is 8.62. The first kappa shape index (κ1) is 21.1. The smallest absolute Gasteiger partial charge is 0.220 e. The van der Waals surface area contributed by atoms with Crippen LogP contribution in [-0.4, -0.2) is 38.6 Å². The zero-order valence-electron chi connectivity index (χ0n) is 18.6. The van der Waals surface area contributed by atoms with Gasteiger partial charge in [-0.1, -0.05) is 0 Å². The van der Waals surface area contributed by atoms with E-state index in [1.54, 1.807) is 17.5 Å². The Bertz CT molecular complexity index is 1340. The molecule has 4 aromatic rings. The van der Waals surface area contributed by atoms with Crippen molar-refractivity contribution in [3.8, 4) is 0 Å². The van der Waals surface area contributed by atoms with Crippen LogP contribution < -0.4 is 16.0 Å². The molecule has 0 bridgehead atoms. The molecule has 0 unspecified atom stereocenters. The normalized spacial score (nSPS) is 15.8. The number of hydrogen-bond acceptors (Lipinski definition) is 6. The highest BCUT2D eigenvalue weighted by molar-refractivity contribution is 5.85. The highest BCUT2D eigenvalue weighted by Gasteiger charge is 2.27. The average molecular weight is 448 g/mol. The van der Waals surface area contributed by atoms with Crippen molar-refractivity contribution >= 4 is 34.0 Å².